The number of benzene rings is 1. The van der Waals surface area contributed by atoms with Gasteiger partial charge in [0, 0.05) is 30.0 Å². The van der Waals surface area contributed by atoms with Crippen molar-refractivity contribution in [3.63, 3.8) is 0 Å². The van der Waals surface area contributed by atoms with E-state index in [1.165, 1.54) is 38.5 Å². The Hall–Kier alpha value is -2.07. The number of pyridine rings is 1. The highest BCUT2D eigenvalue weighted by atomic mass is 35.5. The van der Waals surface area contributed by atoms with E-state index >= 15 is 0 Å². The fourth-order valence-corrected chi connectivity index (χ4v) is 3.50. The molecule has 0 radical (unpaired) electrons. The Balaban J connectivity index is 1.51. The Morgan fingerprint density at radius 2 is 1.81 bits per heavy atom. The summed E-state index contributed by atoms with van der Waals surface area (Å²) in [6, 6.07) is 10.1. The summed E-state index contributed by atoms with van der Waals surface area (Å²) in [4.78, 5) is 16.6. The molecule has 0 atom stereocenters. The van der Waals surface area contributed by atoms with Crippen LogP contribution in [0.4, 0.5) is 5.69 Å². The largest absolute Gasteiger partial charge is 0.381 e. The minimum absolute atomic E-state index is 0.0871. The number of rotatable bonds is 6. The Morgan fingerprint density at radius 3 is 2.54 bits per heavy atom. The van der Waals surface area contributed by atoms with Crippen LogP contribution in [-0.2, 0) is 6.42 Å². The summed E-state index contributed by atoms with van der Waals surface area (Å²) < 4.78 is 0. The molecule has 1 aromatic carbocycles. The zero-order valence-corrected chi connectivity index (χ0v) is 15.8. The van der Waals surface area contributed by atoms with Gasteiger partial charge in [-0.15, -0.1) is 0 Å². The van der Waals surface area contributed by atoms with Crippen LogP contribution in [-0.4, -0.2) is 23.5 Å². The van der Waals surface area contributed by atoms with Crippen LogP contribution in [0.1, 0.15) is 54.4 Å². The van der Waals surface area contributed by atoms with Gasteiger partial charge in [-0.2, -0.15) is 0 Å². The van der Waals surface area contributed by atoms with E-state index in [0.717, 1.165) is 22.7 Å². The summed E-state index contributed by atoms with van der Waals surface area (Å²) in [5.74, 6) is -0.0871. The predicted molar refractivity (Wildman–Crippen MR) is 107 cm³/mol. The van der Waals surface area contributed by atoms with Gasteiger partial charge in [0.05, 0.1) is 11.3 Å². The number of amides is 1. The molecular weight excluding hydrogens is 346 g/mol. The first kappa shape index (κ1) is 18.7. The molecule has 1 aliphatic rings. The Labute approximate surface area is 160 Å². The maximum Gasteiger partial charge on any atom is 0.252 e. The van der Waals surface area contributed by atoms with Crippen molar-refractivity contribution < 1.29 is 4.79 Å². The number of carbonyl (C=O) groups is 1. The monoisotopic (exact) mass is 371 g/mol. The van der Waals surface area contributed by atoms with E-state index in [1.807, 2.05) is 30.3 Å². The molecule has 1 saturated carbocycles. The fraction of sp³-hybridized carbons (Fsp3) is 0.429. The van der Waals surface area contributed by atoms with Crippen LogP contribution >= 0.6 is 11.6 Å². The average molecular weight is 372 g/mol. The number of nitrogens with one attached hydrogen (secondary N) is 2. The van der Waals surface area contributed by atoms with Crippen molar-refractivity contribution in [2.45, 2.75) is 51.0 Å². The molecule has 1 aromatic heterocycles. The Morgan fingerprint density at radius 1 is 1.08 bits per heavy atom. The molecule has 0 aliphatic heterocycles. The molecule has 0 spiro atoms. The van der Waals surface area contributed by atoms with Crippen molar-refractivity contribution >= 4 is 23.2 Å². The molecule has 2 N–H and O–H groups in total. The van der Waals surface area contributed by atoms with Crippen LogP contribution < -0.4 is 10.6 Å². The highest BCUT2D eigenvalue weighted by molar-refractivity contribution is 6.30. The summed E-state index contributed by atoms with van der Waals surface area (Å²) >= 11 is 5.89. The molecule has 4 nitrogen and oxygen atoms in total. The lowest BCUT2D eigenvalue weighted by Gasteiger charge is -2.17. The van der Waals surface area contributed by atoms with E-state index in [-0.39, 0.29) is 5.91 Å². The Kier molecular flexibility index (Phi) is 6.89. The molecule has 0 unspecified atom stereocenters. The minimum Gasteiger partial charge on any atom is -0.381 e. The first-order chi connectivity index (χ1) is 12.7. The van der Waals surface area contributed by atoms with Gasteiger partial charge in [0.2, 0.25) is 0 Å². The molecule has 1 fully saturated rings. The van der Waals surface area contributed by atoms with Crippen molar-refractivity contribution in [1.29, 1.82) is 0 Å². The number of aromatic nitrogens is 1. The van der Waals surface area contributed by atoms with Gasteiger partial charge in [0.15, 0.2) is 0 Å². The zero-order valence-electron chi connectivity index (χ0n) is 15.0. The molecule has 2 aromatic rings. The number of nitrogens with zero attached hydrogens (tertiary/aromatic N) is 1. The molecule has 1 aliphatic carbocycles. The van der Waals surface area contributed by atoms with Gasteiger partial charge < -0.3 is 10.6 Å². The standard InChI is InChI=1S/C21H26ClN3O/c22-18-9-7-16(8-10-18)11-12-24-21(26)17-13-20(15-23-14-17)25-19-5-3-1-2-4-6-19/h7-10,13-15,19,25H,1-6,11-12H2,(H,24,26). The highest BCUT2D eigenvalue weighted by Gasteiger charge is 2.13. The first-order valence-electron chi connectivity index (χ1n) is 9.45. The number of carbonyl (C=O) groups excluding carboxylic acids is 1. The molecule has 0 saturated heterocycles. The minimum atomic E-state index is -0.0871. The van der Waals surface area contributed by atoms with Crippen LogP contribution in [0.15, 0.2) is 42.7 Å². The maximum atomic E-state index is 12.4. The Bertz CT molecular complexity index is 709. The third-order valence-electron chi connectivity index (χ3n) is 4.84. The lowest BCUT2D eigenvalue weighted by atomic mass is 10.1. The second-order valence-corrected chi connectivity index (χ2v) is 7.36. The van der Waals surface area contributed by atoms with Crippen LogP contribution in [0.25, 0.3) is 0 Å². The number of anilines is 1. The smallest absolute Gasteiger partial charge is 0.252 e. The summed E-state index contributed by atoms with van der Waals surface area (Å²) in [6.07, 6.45) is 11.8. The maximum absolute atomic E-state index is 12.4. The number of hydrogen-bond acceptors (Lipinski definition) is 3. The second-order valence-electron chi connectivity index (χ2n) is 6.93. The molecule has 1 amide bonds. The van der Waals surface area contributed by atoms with E-state index in [2.05, 4.69) is 15.6 Å². The van der Waals surface area contributed by atoms with Gasteiger partial charge >= 0.3 is 0 Å². The van der Waals surface area contributed by atoms with E-state index in [9.17, 15) is 4.79 Å². The van der Waals surface area contributed by atoms with Crippen molar-refractivity contribution in [2.24, 2.45) is 0 Å². The summed E-state index contributed by atoms with van der Waals surface area (Å²) in [5, 5.41) is 7.24. The van der Waals surface area contributed by atoms with E-state index in [0.29, 0.717) is 18.2 Å². The molecule has 5 heteroatoms. The quantitative estimate of drug-likeness (QED) is 0.714. The first-order valence-corrected chi connectivity index (χ1v) is 9.83. The van der Waals surface area contributed by atoms with Gasteiger partial charge in [-0.1, -0.05) is 49.4 Å². The van der Waals surface area contributed by atoms with E-state index < -0.39 is 0 Å². The number of hydrogen-bond donors (Lipinski definition) is 2. The van der Waals surface area contributed by atoms with Crippen molar-refractivity contribution in [1.82, 2.24) is 10.3 Å². The van der Waals surface area contributed by atoms with Crippen molar-refractivity contribution in [3.8, 4) is 0 Å². The molecule has 1 heterocycles. The molecule has 3 rings (SSSR count). The highest BCUT2D eigenvalue weighted by Crippen LogP contribution is 2.21. The van der Waals surface area contributed by atoms with Crippen LogP contribution in [0, 0.1) is 0 Å². The van der Waals surface area contributed by atoms with E-state index in [4.69, 9.17) is 11.6 Å². The summed E-state index contributed by atoms with van der Waals surface area (Å²) in [7, 11) is 0. The third-order valence-corrected chi connectivity index (χ3v) is 5.09. The normalized spacial score (nSPS) is 15.3. The average Bonchev–Trinajstić information content (AvgIpc) is 2.92. The topological polar surface area (TPSA) is 54.0 Å². The van der Waals surface area contributed by atoms with Crippen LogP contribution in [0.2, 0.25) is 5.02 Å². The van der Waals surface area contributed by atoms with Gasteiger partial charge in [-0.3, -0.25) is 9.78 Å². The number of halogens is 1. The van der Waals surface area contributed by atoms with Crippen molar-refractivity contribution in [2.75, 3.05) is 11.9 Å². The lowest BCUT2D eigenvalue weighted by Crippen LogP contribution is -2.26. The summed E-state index contributed by atoms with van der Waals surface area (Å²) in [5.41, 5.74) is 2.68. The van der Waals surface area contributed by atoms with E-state index in [1.54, 1.807) is 12.4 Å². The van der Waals surface area contributed by atoms with Gasteiger partial charge in [-0.05, 0) is 43.0 Å². The lowest BCUT2D eigenvalue weighted by molar-refractivity contribution is 0.0954. The fourth-order valence-electron chi connectivity index (χ4n) is 3.38. The molecule has 0 bridgehead atoms. The SMILES string of the molecule is O=C(NCCc1ccc(Cl)cc1)c1cncc(NC2CCCCCC2)c1. The second kappa shape index (κ2) is 9.58. The third kappa shape index (κ3) is 5.73. The molecule has 26 heavy (non-hydrogen) atoms. The molecule has 138 valence electrons. The zero-order chi connectivity index (χ0) is 18.2. The molecular formula is C21H26ClN3O. The van der Waals surface area contributed by atoms with Crippen molar-refractivity contribution in [3.05, 3.63) is 58.9 Å². The van der Waals surface area contributed by atoms with Crippen LogP contribution in [0.3, 0.4) is 0 Å². The van der Waals surface area contributed by atoms with Crippen LogP contribution in [0.5, 0.6) is 0 Å². The van der Waals surface area contributed by atoms with Gasteiger partial charge in [0.25, 0.3) is 5.91 Å². The summed E-state index contributed by atoms with van der Waals surface area (Å²) in [6.45, 7) is 0.584. The predicted octanol–water partition coefficient (Wildman–Crippen LogP) is 4.84. The van der Waals surface area contributed by atoms with Gasteiger partial charge in [-0.25, -0.2) is 0 Å². The van der Waals surface area contributed by atoms with Gasteiger partial charge in [0.1, 0.15) is 0 Å².